The van der Waals surface area contributed by atoms with E-state index in [4.69, 9.17) is 41.9 Å². The number of carbonyl (C=O) groups excluding carboxylic acids is 1. The predicted octanol–water partition coefficient (Wildman–Crippen LogP) is 6.38. The first-order valence-corrected chi connectivity index (χ1v) is 11.1. The Bertz CT molecular complexity index is 1170. The number of amides is 1. The molecule has 1 amide bonds. The first kappa shape index (κ1) is 20.9. The maximum absolute atomic E-state index is 13.2. The molecule has 1 aromatic carbocycles. The summed E-state index contributed by atoms with van der Waals surface area (Å²) in [7, 11) is 0. The molecule has 0 radical (unpaired) electrons. The highest BCUT2D eigenvalue weighted by Gasteiger charge is 2.45. The molecule has 1 fully saturated rings. The van der Waals surface area contributed by atoms with E-state index in [1.165, 1.54) is 5.01 Å². The summed E-state index contributed by atoms with van der Waals surface area (Å²) < 4.78 is 16.9. The van der Waals surface area contributed by atoms with Crippen molar-refractivity contribution in [1.82, 2.24) is 5.01 Å². The zero-order valence-electron chi connectivity index (χ0n) is 17.0. The molecule has 1 aliphatic carbocycles. The summed E-state index contributed by atoms with van der Waals surface area (Å²) in [5.74, 6) is 1.62. The van der Waals surface area contributed by atoms with Crippen LogP contribution in [0.3, 0.4) is 0 Å². The van der Waals surface area contributed by atoms with Crippen LogP contribution >= 0.6 is 23.2 Å². The van der Waals surface area contributed by atoms with Crippen molar-refractivity contribution in [2.24, 2.45) is 11.0 Å². The molecule has 0 saturated heterocycles. The van der Waals surface area contributed by atoms with Crippen LogP contribution in [0.5, 0.6) is 5.75 Å². The van der Waals surface area contributed by atoms with Crippen LogP contribution in [0.4, 0.5) is 0 Å². The molecule has 2 aromatic heterocycles. The van der Waals surface area contributed by atoms with Gasteiger partial charge in [0.2, 0.25) is 0 Å². The van der Waals surface area contributed by atoms with E-state index in [1.54, 1.807) is 30.7 Å². The van der Waals surface area contributed by atoms with Crippen LogP contribution in [0.1, 0.15) is 36.8 Å². The molecule has 164 valence electrons. The van der Waals surface area contributed by atoms with Gasteiger partial charge in [-0.15, -0.1) is 0 Å². The number of hydrogen-bond donors (Lipinski definition) is 0. The first-order valence-electron chi connectivity index (χ1n) is 10.4. The van der Waals surface area contributed by atoms with E-state index in [9.17, 15) is 4.79 Å². The number of hydrazone groups is 1. The first-order chi connectivity index (χ1) is 15.6. The Hall–Kier alpha value is -2.96. The molecule has 1 aliphatic heterocycles. The molecule has 6 nitrogen and oxygen atoms in total. The second-order valence-electron chi connectivity index (χ2n) is 7.73. The third kappa shape index (κ3) is 4.08. The molecule has 0 N–H and O–H groups in total. The van der Waals surface area contributed by atoms with Gasteiger partial charge >= 0.3 is 0 Å². The largest absolute Gasteiger partial charge is 0.482 e. The molecule has 0 bridgehead atoms. The fourth-order valence-corrected chi connectivity index (χ4v) is 4.75. The molecule has 3 heterocycles. The molecule has 1 saturated carbocycles. The lowest BCUT2D eigenvalue weighted by molar-refractivity contribution is -0.136. The highest BCUT2D eigenvalue weighted by molar-refractivity contribution is 6.35. The summed E-state index contributed by atoms with van der Waals surface area (Å²) in [4.78, 5) is 13.2. The fraction of sp³-hybridized carbons (Fsp3) is 0.250. The van der Waals surface area contributed by atoms with Crippen LogP contribution < -0.4 is 4.74 Å². The minimum atomic E-state index is -0.322. The van der Waals surface area contributed by atoms with Crippen LogP contribution in [0, 0.1) is 5.92 Å². The standard InChI is InChI=1S/C24H20Cl2N2O4/c25-16-8-9-20(19(26)13-16)32-14-22(29)28-24(21-7-3-11-31-21)18-6-1-4-15(23(18)27-28)12-17-5-2-10-30-17/h2-3,5,7-13,18,24H,1,4,6,14H2/b15-12+. The Balaban J connectivity index is 1.43. The van der Waals surface area contributed by atoms with Crippen molar-refractivity contribution in [3.05, 3.63) is 82.1 Å². The summed E-state index contributed by atoms with van der Waals surface area (Å²) >= 11 is 12.1. The normalized spacial score (nSPS) is 21.5. The van der Waals surface area contributed by atoms with Crippen LogP contribution in [-0.4, -0.2) is 23.2 Å². The smallest absolute Gasteiger partial charge is 0.281 e. The van der Waals surface area contributed by atoms with Crippen molar-refractivity contribution in [2.45, 2.75) is 25.3 Å². The van der Waals surface area contributed by atoms with Crippen molar-refractivity contribution < 1.29 is 18.4 Å². The zero-order chi connectivity index (χ0) is 22.1. The van der Waals surface area contributed by atoms with Crippen LogP contribution in [0.2, 0.25) is 10.0 Å². The third-order valence-corrected chi connectivity index (χ3v) is 6.23. The number of furan rings is 2. The monoisotopic (exact) mass is 470 g/mol. The molecule has 2 atom stereocenters. The molecular formula is C24H20Cl2N2O4. The maximum atomic E-state index is 13.2. The van der Waals surface area contributed by atoms with Crippen molar-refractivity contribution in [1.29, 1.82) is 0 Å². The van der Waals surface area contributed by atoms with Crippen molar-refractivity contribution in [3.63, 3.8) is 0 Å². The topological polar surface area (TPSA) is 68.2 Å². The highest BCUT2D eigenvalue weighted by atomic mass is 35.5. The van der Waals surface area contributed by atoms with E-state index >= 15 is 0 Å². The lowest BCUT2D eigenvalue weighted by Gasteiger charge is -2.27. The van der Waals surface area contributed by atoms with Crippen LogP contribution in [0.15, 0.2) is 74.5 Å². The second kappa shape index (κ2) is 8.88. The van der Waals surface area contributed by atoms with Crippen molar-refractivity contribution in [3.8, 4) is 5.75 Å². The van der Waals surface area contributed by atoms with Gasteiger partial charge in [-0.25, -0.2) is 5.01 Å². The number of rotatable bonds is 5. The van der Waals surface area contributed by atoms with E-state index in [-0.39, 0.29) is 24.5 Å². The number of hydrogen-bond acceptors (Lipinski definition) is 5. The number of fused-ring (bicyclic) bond motifs is 1. The van der Waals surface area contributed by atoms with Gasteiger partial charge in [-0.1, -0.05) is 23.2 Å². The van der Waals surface area contributed by atoms with Gasteiger partial charge in [0.25, 0.3) is 5.91 Å². The summed E-state index contributed by atoms with van der Waals surface area (Å²) in [6, 6.07) is 12.0. The minimum Gasteiger partial charge on any atom is -0.482 e. The van der Waals surface area contributed by atoms with E-state index < -0.39 is 0 Å². The van der Waals surface area contributed by atoms with Crippen molar-refractivity contribution >= 4 is 40.9 Å². The molecule has 2 unspecified atom stereocenters. The minimum absolute atomic E-state index is 0.0409. The lowest BCUT2D eigenvalue weighted by Crippen LogP contribution is -2.34. The van der Waals surface area contributed by atoms with Gasteiger partial charge in [-0.05, 0) is 73.4 Å². The Labute approximate surface area is 195 Å². The highest BCUT2D eigenvalue weighted by Crippen LogP contribution is 2.44. The molecule has 0 spiro atoms. The van der Waals surface area contributed by atoms with Gasteiger partial charge in [0.15, 0.2) is 6.61 Å². The quantitative estimate of drug-likeness (QED) is 0.433. The molecule has 2 aliphatic rings. The number of carbonyl (C=O) groups is 1. The van der Waals surface area contributed by atoms with Crippen molar-refractivity contribution in [2.75, 3.05) is 6.61 Å². The Kier molecular flexibility index (Phi) is 5.81. The molecule has 3 aromatic rings. The number of nitrogens with zero attached hydrogens (tertiary/aromatic N) is 2. The number of allylic oxidation sites excluding steroid dienone is 1. The summed E-state index contributed by atoms with van der Waals surface area (Å²) in [5, 5.41) is 7.09. The van der Waals surface area contributed by atoms with Gasteiger partial charge in [-0.3, -0.25) is 4.79 Å². The fourth-order valence-electron chi connectivity index (χ4n) is 4.29. The number of halogens is 2. The van der Waals surface area contributed by atoms with E-state index in [0.717, 1.165) is 36.3 Å². The second-order valence-corrected chi connectivity index (χ2v) is 8.57. The van der Waals surface area contributed by atoms with Crippen LogP contribution in [-0.2, 0) is 4.79 Å². The molecular weight excluding hydrogens is 451 g/mol. The van der Waals surface area contributed by atoms with Gasteiger partial charge in [0.1, 0.15) is 23.3 Å². The van der Waals surface area contributed by atoms with E-state index in [0.29, 0.717) is 21.6 Å². The van der Waals surface area contributed by atoms with E-state index in [1.807, 2.05) is 30.3 Å². The zero-order valence-corrected chi connectivity index (χ0v) is 18.6. The lowest BCUT2D eigenvalue weighted by atomic mass is 9.79. The average Bonchev–Trinajstić information content (AvgIpc) is 3.53. The Morgan fingerprint density at radius 3 is 2.78 bits per heavy atom. The number of benzene rings is 1. The van der Waals surface area contributed by atoms with E-state index in [2.05, 4.69) is 0 Å². The molecule has 32 heavy (non-hydrogen) atoms. The number of ether oxygens (including phenoxy) is 1. The Morgan fingerprint density at radius 1 is 1.19 bits per heavy atom. The summed E-state index contributed by atoms with van der Waals surface area (Å²) in [5.41, 5.74) is 1.97. The average molecular weight is 471 g/mol. The van der Waals surface area contributed by atoms with Gasteiger partial charge in [-0.2, -0.15) is 5.10 Å². The van der Waals surface area contributed by atoms with Crippen LogP contribution in [0.25, 0.3) is 6.08 Å². The van der Waals surface area contributed by atoms with Gasteiger partial charge in [0.05, 0.1) is 23.3 Å². The van der Waals surface area contributed by atoms with Gasteiger partial charge < -0.3 is 13.6 Å². The Morgan fingerprint density at radius 2 is 2.03 bits per heavy atom. The summed E-state index contributed by atoms with van der Waals surface area (Å²) in [6.07, 6.45) is 8.04. The summed E-state index contributed by atoms with van der Waals surface area (Å²) in [6.45, 7) is -0.209. The third-order valence-electron chi connectivity index (χ3n) is 5.70. The molecule has 8 heteroatoms. The maximum Gasteiger partial charge on any atom is 0.281 e. The van der Waals surface area contributed by atoms with Gasteiger partial charge in [0, 0.05) is 10.9 Å². The SMILES string of the molecule is O=C(COc1ccc(Cl)cc1Cl)N1N=C2/C(=C/c3ccco3)CCCC2C1c1ccco1. The molecule has 5 rings (SSSR count). The predicted molar refractivity (Wildman–Crippen MR) is 122 cm³/mol.